The molecule has 2 unspecified atom stereocenters. The molecular formula is C15H23N. The summed E-state index contributed by atoms with van der Waals surface area (Å²) in [4.78, 5) is 0. The summed E-state index contributed by atoms with van der Waals surface area (Å²) in [5.74, 6) is 0.925. The summed E-state index contributed by atoms with van der Waals surface area (Å²) in [7, 11) is 0. The van der Waals surface area contributed by atoms with E-state index in [2.05, 4.69) is 42.6 Å². The van der Waals surface area contributed by atoms with Crippen LogP contribution in [0, 0.1) is 5.92 Å². The van der Waals surface area contributed by atoms with Crippen molar-refractivity contribution in [2.45, 2.75) is 51.6 Å². The Labute approximate surface area is 99.3 Å². The van der Waals surface area contributed by atoms with Crippen molar-refractivity contribution >= 4 is 0 Å². The first-order valence-corrected chi connectivity index (χ1v) is 6.67. The minimum atomic E-state index is 0.764. The Balaban J connectivity index is 1.81. The SMILES string of the molecule is CCCC1CCCC1NCc1ccccc1. The third-order valence-corrected chi connectivity index (χ3v) is 3.73. The monoisotopic (exact) mass is 217 g/mol. The Morgan fingerprint density at radius 1 is 1.19 bits per heavy atom. The first-order chi connectivity index (χ1) is 7.90. The van der Waals surface area contributed by atoms with Gasteiger partial charge in [0.15, 0.2) is 0 Å². The van der Waals surface area contributed by atoms with E-state index < -0.39 is 0 Å². The van der Waals surface area contributed by atoms with Gasteiger partial charge in [-0.2, -0.15) is 0 Å². The normalized spacial score (nSPS) is 24.8. The van der Waals surface area contributed by atoms with E-state index in [1.807, 2.05) is 0 Å². The Morgan fingerprint density at radius 3 is 2.75 bits per heavy atom. The molecule has 0 aromatic heterocycles. The fourth-order valence-corrected chi connectivity index (χ4v) is 2.87. The Morgan fingerprint density at radius 2 is 2.00 bits per heavy atom. The van der Waals surface area contributed by atoms with E-state index in [0.717, 1.165) is 18.5 Å². The zero-order valence-corrected chi connectivity index (χ0v) is 10.3. The molecule has 16 heavy (non-hydrogen) atoms. The molecule has 2 atom stereocenters. The van der Waals surface area contributed by atoms with Crippen LogP contribution in [0.3, 0.4) is 0 Å². The first-order valence-electron chi connectivity index (χ1n) is 6.67. The van der Waals surface area contributed by atoms with Gasteiger partial charge in [-0.1, -0.05) is 50.1 Å². The van der Waals surface area contributed by atoms with Crippen LogP contribution in [0.4, 0.5) is 0 Å². The van der Waals surface area contributed by atoms with E-state index >= 15 is 0 Å². The van der Waals surface area contributed by atoms with Crippen LogP contribution in [-0.2, 0) is 6.54 Å². The van der Waals surface area contributed by atoms with Crippen LogP contribution in [0.25, 0.3) is 0 Å². The van der Waals surface area contributed by atoms with Crippen molar-refractivity contribution in [1.82, 2.24) is 5.32 Å². The Bertz CT molecular complexity index is 294. The lowest BCUT2D eigenvalue weighted by atomic mass is 9.98. The first kappa shape index (κ1) is 11.7. The van der Waals surface area contributed by atoms with Gasteiger partial charge in [0.25, 0.3) is 0 Å². The van der Waals surface area contributed by atoms with E-state index in [9.17, 15) is 0 Å². The van der Waals surface area contributed by atoms with Gasteiger partial charge >= 0.3 is 0 Å². The van der Waals surface area contributed by atoms with Crippen LogP contribution >= 0.6 is 0 Å². The van der Waals surface area contributed by atoms with Gasteiger partial charge in [0.1, 0.15) is 0 Å². The van der Waals surface area contributed by atoms with Gasteiger partial charge in [-0.05, 0) is 30.7 Å². The van der Waals surface area contributed by atoms with Crippen LogP contribution < -0.4 is 5.32 Å². The van der Waals surface area contributed by atoms with Gasteiger partial charge in [0, 0.05) is 12.6 Å². The van der Waals surface area contributed by atoms with Crippen molar-refractivity contribution in [3.8, 4) is 0 Å². The number of rotatable bonds is 5. The van der Waals surface area contributed by atoms with E-state index in [0.29, 0.717) is 0 Å². The molecular weight excluding hydrogens is 194 g/mol. The van der Waals surface area contributed by atoms with Crippen molar-refractivity contribution in [2.24, 2.45) is 5.92 Å². The van der Waals surface area contributed by atoms with Crippen molar-refractivity contribution < 1.29 is 0 Å². The lowest BCUT2D eigenvalue weighted by Gasteiger charge is -2.20. The van der Waals surface area contributed by atoms with Gasteiger partial charge in [-0.15, -0.1) is 0 Å². The third kappa shape index (κ3) is 3.08. The van der Waals surface area contributed by atoms with E-state index in [4.69, 9.17) is 0 Å². The molecule has 0 bridgehead atoms. The van der Waals surface area contributed by atoms with Crippen LogP contribution in [0.2, 0.25) is 0 Å². The second-order valence-corrected chi connectivity index (χ2v) is 4.95. The molecule has 1 heteroatoms. The number of nitrogens with one attached hydrogen (secondary N) is 1. The molecule has 0 saturated heterocycles. The molecule has 1 N–H and O–H groups in total. The highest BCUT2D eigenvalue weighted by Gasteiger charge is 2.25. The molecule has 1 nitrogen and oxygen atoms in total. The summed E-state index contributed by atoms with van der Waals surface area (Å²) in [6.45, 7) is 3.33. The minimum absolute atomic E-state index is 0.764. The maximum atomic E-state index is 3.73. The Kier molecular flexibility index (Phi) is 4.41. The van der Waals surface area contributed by atoms with Gasteiger partial charge in [-0.25, -0.2) is 0 Å². The van der Waals surface area contributed by atoms with E-state index in [1.54, 1.807) is 0 Å². The van der Waals surface area contributed by atoms with Gasteiger partial charge in [-0.3, -0.25) is 0 Å². The molecule has 0 amide bonds. The zero-order valence-electron chi connectivity index (χ0n) is 10.3. The van der Waals surface area contributed by atoms with Crippen molar-refractivity contribution in [2.75, 3.05) is 0 Å². The summed E-state index contributed by atoms with van der Waals surface area (Å²) in [5.41, 5.74) is 1.41. The summed E-state index contributed by atoms with van der Waals surface area (Å²) >= 11 is 0. The highest BCUT2D eigenvalue weighted by molar-refractivity contribution is 5.14. The Hall–Kier alpha value is -0.820. The standard InChI is InChI=1S/C15H23N/c1-2-7-14-10-6-11-15(14)16-12-13-8-4-3-5-9-13/h3-5,8-9,14-16H,2,6-7,10-12H2,1H3. The van der Waals surface area contributed by atoms with Crippen LogP contribution in [-0.4, -0.2) is 6.04 Å². The van der Waals surface area contributed by atoms with Crippen molar-refractivity contribution in [1.29, 1.82) is 0 Å². The van der Waals surface area contributed by atoms with Crippen molar-refractivity contribution in [3.63, 3.8) is 0 Å². The number of hydrogen-bond donors (Lipinski definition) is 1. The maximum absolute atomic E-state index is 3.73. The molecule has 1 aliphatic carbocycles. The lowest BCUT2D eigenvalue weighted by molar-refractivity contribution is 0.375. The van der Waals surface area contributed by atoms with Crippen molar-refractivity contribution in [3.05, 3.63) is 35.9 Å². The maximum Gasteiger partial charge on any atom is 0.0208 e. The third-order valence-electron chi connectivity index (χ3n) is 3.73. The zero-order chi connectivity index (χ0) is 11.2. The predicted octanol–water partition coefficient (Wildman–Crippen LogP) is 3.75. The summed E-state index contributed by atoms with van der Waals surface area (Å²) in [6.07, 6.45) is 6.94. The average Bonchev–Trinajstić information content (AvgIpc) is 2.76. The summed E-state index contributed by atoms with van der Waals surface area (Å²) < 4.78 is 0. The lowest BCUT2D eigenvalue weighted by Crippen LogP contribution is -2.31. The van der Waals surface area contributed by atoms with Gasteiger partial charge < -0.3 is 5.32 Å². The quantitative estimate of drug-likeness (QED) is 0.792. The molecule has 2 rings (SSSR count). The van der Waals surface area contributed by atoms with Crippen LogP contribution in [0.1, 0.15) is 44.6 Å². The molecule has 0 aliphatic heterocycles. The molecule has 1 aromatic rings. The molecule has 0 spiro atoms. The molecule has 0 radical (unpaired) electrons. The number of benzene rings is 1. The summed E-state index contributed by atoms with van der Waals surface area (Å²) in [6, 6.07) is 11.5. The van der Waals surface area contributed by atoms with Crippen LogP contribution in [0.5, 0.6) is 0 Å². The minimum Gasteiger partial charge on any atom is -0.310 e. The highest BCUT2D eigenvalue weighted by atomic mass is 14.9. The highest BCUT2D eigenvalue weighted by Crippen LogP contribution is 2.29. The fourth-order valence-electron chi connectivity index (χ4n) is 2.87. The topological polar surface area (TPSA) is 12.0 Å². The van der Waals surface area contributed by atoms with Gasteiger partial charge in [0.05, 0.1) is 0 Å². The van der Waals surface area contributed by atoms with Gasteiger partial charge in [0.2, 0.25) is 0 Å². The second-order valence-electron chi connectivity index (χ2n) is 4.95. The molecule has 0 heterocycles. The summed E-state index contributed by atoms with van der Waals surface area (Å²) in [5, 5.41) is 3.73. The molecule has 88 valence electrons. The van der Waals surface area contributed by atoms with E-state index in [1.165, 1.54) is 37.7 Å². The van der Waals surface area contributed by atoms with Crippen LogP contribution in [0.15, 0.2) is 30.3 Å². The molecule has 1 fully saturated rings. The molecule has 1 aliphatic rings. The predicted molar refractivity (Wildman–Crippen MR) is 69.3 cm³/mol. The fraction of sp³-hybridized carbons (Fsp3) is 0.600. The smallest absolute Gasteiger partial charge is 0.0208 e. The number of hydrogen-bond acceptors (Lipinski definition) is 1. The molecule has 1 saturated carbocycles. The van der Waals surface area contributed by atoms with E-state index in [-0.39, 0.29) is 0 Å². The average molecular weight is 217 g/mol. The largest absolute Gasteiger partial charge is 0.310 e. The molecule has 1 aromatic carbocycles. The second kappa shape index (κ2) is 6.05.